The first-order valence-electron chi connectivity index (χ1n) is 5.80. The van der Waals surface area contributed by atoms with Gasteiger partial charge in [0.25, 0.3) is 0 Å². The van der Waals surface area contributed by atoms with E-state index < -0.39 is 0 Å². The molecule has 16 heavy (non-hydrogen) atoms. The molecule has 1 heterocycles. The monoisotopic (exact) mass is 221 g/mol. The number of hydrogen-bond acceptors (Lipinski definition) is 3. The molecule has 1 rings (SSSR count). The van der Waals surface area contributed by atoms with Crippen molar-refractivity contribution in [2.75, 3.05) is 6.61 Å². The topological polar surface area (TPSA) is 39.2 Å². The predicted molar refractivity (Wildman–Crippen MR) is 63.7 cm³/mol. The van der Waals surface area contributed by atoms with Crippen LogP contribution in [0.3, 0.4) is 0 Å². The number of carbonyl (C=O) groups excluding carboxylic acids is 1. The fraction of sp³-hybridized carbons (Fsp3) is 0.538. The van der Waals surface area contributed by atoms with Crippen LogP contribution in [0.1, 0.15) is 48.1 Å². The van der Waals surface area contributed by atoms with Gasteiger partial charge in [-0.25, -0.2) is 4.79 Å². The van der Waals surface area contributed by atoms with Gasteiger partial charge in [-0.3, -0.25) is 4.98 Å². The first-order chi connectivity index (χ1) is 7.63. The molecule has 0 atom stereocenters. The third kappa shape index (κ3) is 2.60. The maximum Gasteiger partial charge on any atom is 0.340 e. The van der Waals surface area contributed by atoms with E-state index in [-0.39, 0.29) is 5.97 Å². The molecule has 0 bridgehead atoms. The average Bonchev–Trinajstić information content (AvgIpc) is 2.27. The zero-order valence-corrected chi connectivity index (χ0v) is 10.5. The minimum absolute atomic E-state index is 0.247. The molecule has 0 aromatic carbocycles. The van der Waals surface area contributed by atoms with Gasteiger partial charge in [0.1, 0.15) is 0 Å². The molecule has 88 valence electrons. The second kappa shape index (κ2) is 5.64. The van der Waals surface area contributed by atoms with E-state index in [0.29, 0.717) is 12.2 Å². The fourth-order valence-electron chi connectivity index (χ4n) is 1.80. The molecule has 1 aromatic rings. The second-order valence-corrected chi connectivity index (χ2v) is 3.67. The lowest BCUT2D eigenvalue weighted by Gasteiger charge is -2.12. The van der Waals surface area contributed by atoms with E-state index in [1.807, 2.05) is 33.8 Å². The van der Waals surface area contributed by atoms with Crippen LogP contribution < -0.4 is 0 Å². The van der Waals surface area contributed by atoms with E-state index in [0.717, 1.165) is 29.8 Å². The van der Waals surface area contributed by atoms with Crippen molar-refractivity contribution >= 4 is 5.97 Å². The number of rotatable bonds is 4. The molecule has 0 spiro atoms. The molecule has 0 amide bonds. The lowest BCUT2D eigenvalue weighted by Crippen LogP contribution is -2.13. The van der Waals surface area contributed by atoms with Gasteiger partial charge in [0.15, 0.2) is 0 Å². The van der Waals surface area contributed by atoms with Gasteiger partial charge < -0.3 is 4.74 Å². The maximum atomic E-state index is 11.9. The fourth-order valence-corrected chi connectivity index (χ4v) is 1.80. The van der Waals surface area contributed by atoms with Crippen molar-refractivity contribution in [1.29, 1.82) is 0 Å². The summed E-state index contributed by atoms with van der Waals surface area (Å²) in [6.07, 6.45) is 1.58. The van der Waals surface area contributed by atoms with E-state index in [9.17, 15) is 4.79 Å². The third-order valence-corrected chi connectivity index (χ3v) is 2.50. The summed E-state index contributed by atoms with van der Waals surface area (Å²) in [4.78, 5) is 16.3. The highest BCUT2D eigenvalue weighted by atomic mass is 16.5. The minimum atomic E-state index is -0.247. The Kier molecular flexibility index (Phi) is 4.47. The van der Waals surface area contributed by atoms with E-state index in [1.54, 1.807) is 0 Å². The van der Waals surface area contributed by atoms with Crippen LogP contribution in [-0.4, -0.2) is 17.6 Å². The van der Waals surface area contributed by atoms with Crippen LogP contribution in [0.4, 0.5) is 0 Å². The van der Waals surface area contributed by atoms with Gasteiger partial charge in [-0.15, -0.1) is 0 Å². The highest BCUT2D eigenvalue weighted by Gasteiger charge is 2.17. The SMILES string of the molecule is CCOC(=O)c1c(CC)cc(C)nc1CC. The zero-order chi connectivity index (χ0) is 12.1. The minimum Gasteiger partial charge on any atom is -0.462 e. The summed E-state index contributed by atoms with van der Waals surface area (Å²) in [6.45, 7) is 8.21. The highest BCUT2D eigenvalue weighted by Crippen LogP contribution is 2.17. The summed E-state index contributed by atoms with van der Waals surface area (Å²) in [5.74, 6) is -0.247. The van der Waals surface area contributed by atoms with Crippen molar-refractivity contribution in [2.24, 2.45) is 0 Å². The molecule has 0 aliphatic rings. The van der Waals surface area contributed by atoms with Gasteiger partial charge in [-0.1, -0.05) is 13.8 Å². The van der Waals surface area contributed by atoms with E-state index >= 15 is 0 Å². The summed E-state index contributed by atoms with van der Waals surface area (Å²) >= 11 is 0. The van der Waals surface area contributed by atoms with E-state index in [1.165, 1.54) is 0 Å². The first-order valence-corrected chi connectivity index (χ1v) is 5.80. The Bertz CT molecular complexity index is 361. The van der Waals surface area contributed by atoms with Gasteiger partial charge in [0.05, 0.1) is 17.9 Å². The van der Waals surface area contributed by atoms with Gasteiger partial charge in [0, 0.05) is 5.69 Å². The number of aromatic nitrogens is 1. The smallest absolute Gasteiger partial charge is 0.340 e. The standard InChI is InChI=1S/C13H19NO2/c1-5-10-8-9(4)14-11(6-2)12(10)13(15)16-7-3/h8H,5-7H2,1-4H3. The summed E-state index contributed by atoms with van der Waals surface area (Å²) in [6, 6.07) is 1.96. The molecule has 0 saturated heterocycles. The summed E-state index contributed by atoms with van der Waals surface area (Å²) in [5, 5.41) is 0. The number of carbonyl (C=O) groups is 1. The molecule has 0 saturated carbocycles. The van der Waals surface area contributed by atoms with Crippen LogP contribution in [-0.2, 0) is 17.6 Å². The molecule has 0 aliphatic carbocycles. The lowest BCUT2D eigenvalue weighted by molar-refractivity contribution is 0.0523. The molecule has 3 heteroatoms. The molecule has 0 fully saturated rings. The van der Waals surface area contributed by atoms with Crippen molar-refractivity contribution in [3.8, 4) is 0 Å². The van der Waals surface area contributed by atoms with Crippen molar-refractivity contribution in [2.45, 2.75) is 40.5 Å². The second-order valence-electron chi connectivity index (χ2n) is 3.67. The lowest BCUT2D eigenvalue weighted by atomic mass is 10.0. The highest BCUT2D eigenvalue weighted by molar-refractivity contribution is 5.92. The molecule has 0 aliphatic heterocycles. The largest absolute Gasteiger partial charge is 0.462 e. The van der Waals surface area contributed by atoms with Crippen molar-refractivity contribution in [3.05, 3.63) is 28.6 Å². The summed E-state index contributed by atoms with van der Waals surface area (Å²) in [5.41, 5.74) is 3.50. The van der Waals surface area contributed by atoms with E-state index in [2.05, 4.69) is 4.98 Å². The van der Waals surface area contributed by atoms with Gasteiger partial charge in [-0.2, -0.15) is 0 Å². The zero-order valence-electron chi connectivity index (χ0n) is 10.5. The molecule has 0 N–H and O–H groups in total. The Hall–Kier alpha value is -1.38. The molecular formula is C13H19NO2. The summed E-state index contributed by atoms with van der Waals surface area (Å²) in [7, 11) is 0. The maximum absolute atomic E-state index is 11.9. The molecular weight excluding hydrogens is 202 g/mol. The van der Waals surface area contributed by atoms with Crippen LogP contribution >= 0.6 is 0 Å². The Morgan fingerprint density at radius 2 is 2.00 bits per heavy atom. The Morgan fingerprint density at radius 1 is 1.31 bits per heavy atom. The van der Waals surface area contributed by atoms with Gasteiger partial charge in [-0.05, 0) is 38.3 Å². The first kappa shape index (κ1) is 12.7. The van der Waals surface area contributed by atoms with Crippen LogP contribution in [0.25, 0.3) is 0 Å². The van der Waals surface area contributed by atoms with Crippen LogP contribution in [0.15, 0.2) is 6.07 Å². The molecule has 0 unspecified atom stereocenters. The number of esters is 1. The number of pyridine rings is 1. The quantitative estimate of drug-likeness (QED) is 0.734. The number of aryl methyl sites for hydroxylation is 3. The molecule has 0 radical (unpaired) electrons. The van der Waals surface area contributed by atoms with Crippen LogP contribution in [0.2, 0.25) is 0 Å². The number of hydrogen-bond donors (Lipinski definition) is 0. The van der Waals surface area contributed by atoms with Crippen LogP contribution in [0.5, 0.6) is 0 Å². The van der Waals surface area contributed by atoms with Crippen LogP contribution in [0, 0.1) is 6.92 Å². The Labute approximate surface area is 96.8 Å². The number of ether oxygens (including phenoxy) is 1. The number of nitrogens with zero attached hydrogens (tertiary/aromatic N) is 1. The van der Waals surface area contributed by atoms with Crippen molar-refractivity contribution in [3.63, 3.8) is 0 Å². The summed E-state index contributed by atoms with van der Waals surface area (Å²) < 4.78 is 5.07. The van der Waals surface area contributed by atoms with Gasteiger partial charge in [0.2, 0.25) is 0 Å². The van der Waals surface area contributed by atoms with Crippen molar-refractivity contribution in [1.82, 2.24) is 4.98 Å². The third-order valence-electron chi connectivity index (χ3n) is 2.50. The molecule has 1 aromatic heterocycles. The normalized spacial score (nSPS) is 10.2. The van der Waals surface area contributed by atoms with Crippen molar-refractivity contribution < 1.29 is 9.53 Å². The Balaban J connectivity index is 3.27. The molecule has 3 nitrogen and oxygen atoms in total. The van der Waals surface area contributed by atoms with Gasteiger partial charge >= 0.3 is 5.97 Å². The predicted octanol–water partition coefficient (Wildman–Crippen LogP) is 2.69. The average molecular weight is 221 g/mol. The van der Waals surface area contributed by atoms with E-state index in [4.69, 9.17) is 4.74 Å². The Morgan fingerprint density at radius 3 is 2.50 bits per heavy atom.